The normalized spacial score (nSPS) is 12.1. The number of aryl methyl sites for hydroxylation is 1. The maximum atomic E-state index is 12.8. The number of alkyl halides is 3. The summed E-state index contributed by atoms with van der Waals surface area (Å²) in [6.07, 6.45) is -0.227. The van der Waals surface area contributed by atoms with Crippen LogP contribution >= 0.6 is 11.6 Å². The van der Waals surface area contributed by atoms with Crippen LogP contribution in [-0.2, 0) is 6.18 Å². The topological polar surface area (TPSA) is 0 Å². The summed E-state index contributed by atoms with van der Waals surface area (Å²) in [5.41, 5.74) is -0.193. The van der Waals surface area contributed by atoms with E-state index in [1.54, 1.807) is 13.0 Å². The Morgan fingerprint density at radius 1 is 1.31 bits per heavy atom. The number of benzene rings is 1. The van der Waals surface area contributed by atoms with E-state index in [4.69, 9.17) is 11.6 Å². The molecule has 0 fully saturated rings. The minimum absolute atomic E-state index is 0.0832. The Morgan fingerprint density at radius 2 is 1.94 bits per heavy atom. The van der Waals surface area contributed by atoms with Crippen molar-refractivity contribution in [2.24, 2.45) is 0 Å². The standard InChI is InChI=1S/C12H10ClF3/c1-3-4-5-9-8(2)6-7-10(13)11(9)12(14,15)16/h3-7H,1H2,2H3/b5-4-. The van der Waals surface area contributed by atoms with Gasteiger partial charge in [0.05, 0.1) is 10.6 Å². The van der Waals surface area contributed by atoms with Crippen molar-refractivity contribution >= 4 is 17.7 Å². The third-order valence-electron chi connectivity index (χ3n) is 2.10. The Kier molecular flexibility index (Phi) is 3.81. The van der Waals surface area contributed by atoms with Gasteiger partial charge >= 0.3 is 6.18 Å². The Morgan fingerprint density at radius 3 is 2.44 bits per heavy atom. The fourth-order valence-electron chi connectivity index (χ4n) is 1.36. The van der Waals surface area contributed by atoms with Crippen molar-refractivity contribution in [1.82, 2.24) is 0 Å². The highest BCUT2D eigenvalue weighted by molar-refractivity contribution is 6.31. The third-order valence-corrected chi connectivity index (χ3v) is 2.41. The molecule has 0 heterocycles. The molecule has 0 radical (unpaired) electrons. The molecule has 0 N–H and O–H groups in total. The summed E-state index contributed by atoms with van der Waals surface area (Å²) in [7, 11) is 0. The highest BCUT2D eigenvalue weighted by Crippen LogP contribution is 2.38. The molecule has 0 atom stereocenters. The summed E-state index contributed by atoms with van der Waals surface area (Å²) in [5, 5.41) is -0.290. The molecule has 4 heteroatoms. The summed E-state index contributed by atoms with van der Waals surface area (Å²) >= 11 is 5.59. The molecule has 1 aromatic rings. The van der Waals surface area contributed by atoms with Gasteiger partial charge in [-0.05, 0) is 24.1 Å². The van der Waals surface area contributed by atoms with Gasteiger partial charge in [-0.3, -0.25) is 0 Å². The Bertz CT molecular complexity index is 431. The minimum Gasteiger partial charge on any atom is -0.166 e. The van der Waals surface area contributed by atoms with E-state index in [9.17, 15) is 13.2 Å². The average molecular weight is 247 g/mol. The number of rotatable bonds is 2. The quantitative estimate of drug-likeness (QED) is 0.654. The van der Waals surface area contributed by atoms with Crippen LogP contribution in [0.15, 0.2) is 30.9 Å². The predicted octanol–water partition coefficient (Wildman–Crippen LogP) is 4.87. The van der Waals surface area contributed by atoms with Gasteiger partial charge in [0.25, 0.3) is 0 Å². The molecule has 0 aliphatic rings. The first kappa shape index (κ1) is 12.8. The highest BCUT2D eigenvalue weighted by Gasteiger charge is 2.35. The van der Waals surface area contributed by atoms with E-state index >= 15 is 0 Å². The Labute approximate surface area is 97.0 Å². The zero-order valence-corrected chi connectivity index (χ0v) is 9.36. The number of hydrogen-bond acceptors (Lipinski definition) is 0. The second-order valence-electron chi connectivity index (χ2n) is 3.25. The van der Waals surface area contributed by atoms with E-state index < -0.39 is 11.7 Å². The molecular weight excluding hydrogens is 237 g/mol. The van der Waals surface area contributed by atoms with Gasteiger partial charge in [-0.25, -0.2) is 0 Å². The molecule has 86 valence electrons. The molecule has 1 rings (SSSR count). The first-order valence-corrected chi connectivity index (χ1v) is 4.91. The predicted molar refractivity (Wildman–Crippen MR) is 60.4 cm³/mol. The van der Waals surface area contributed by atoms with Crippen LogP contribution < -0.4 is 0 Å². The Hall–Kier alpha value is -1.22. The SMILES string of the molecule is C=C/C=C\c1c(C)ccc(Cl)c1C(F)(F)F. The second-order valence-corrected chi connectivity index (χ2v) is 3.65. The van der Waals surface area contributed by atoms with Gasteiger partial charge in [-0.2, -0.15) is 13.2 Å². The van der Waals surface area contributed by atoms with Crippen LogP contribution in [0.5, 0.6) is 0 Å². The summed E-state index contributed by atoms with van der Waals surface area (Å²) < 4.78 is 38.3. The van der Waals surface area contributed by atoms with E-state index in [0.717, 1.165) is 0 Å². The van der Waals surface area contributed by atoms with Gasteiger partial charge in [-0.1, -0.05) is 42.5 Å². The molecule has 0 spiro atoms. The van der Waals surface area contributed by atoms with Crippen molar-refractivity contribution < 1.29 is 13.2 Å². The van der Waals surface area contributed by atoms with E-state index in [1.807, 2.05) is 0 Å². The van der Waals surface area contributed by atoms with Gasteiger partial charge in [0, 0.05) is 0 Å². The molecule has 0 aliphatic carbocycles. The van der Waals surface area contributed by atoms with E-state index in [2.05, 4.69) is 6.58 Å². The maximum Gasteiger partial charge on any atom is 0.418 e. The molecule has 0 nitrogen and oxygen atoms in total. The Balaban J connectivity index is 3.49. The van der Waals surface area contributed by atoms with Gasteiger partial charge in [-0.15, -0.1) is 0 Å². The largest absolute Gasteiger partial charge is 0.418 e. The lowest BCUT2D eigenvalue weighted by molar-refractivity contribution is -0.137. The van der Waals surface area contributed by atoms with Gasteiger partial charge in [0.2, 0.25) is 0 Å². The monoisotopic (exact) mass is 246 g/mol. The van der Waals surface area contributed by atoms with Gasteiger partial charge in [0.1, 0.15) is 0 Å². The van der Waals surface area contributed by atoms with Crippen molar-refractivity contribution in [3.63, 3.8) is 0 Å². The average Bonchev–Trinajstić information content (AvgIpc) is 2.17. The van der Waals surface area contributed by atoms with E-state index in [0.29, 0.717) is 5.56 Å². The van der Waals surface area contributed by atoms with Crippen LogP contribution in [0.3, 0.4) is 0 Å². The molecule has 0 saturated carbocycles. The fourth-order valence-corrected chi connectivity index (χ4v) is 1.64. The van der Waals surface area contributed by atoms with Crippen molar-refractivity contribution in [1.29, 1.82) is 0 Å². The number of halogens is 4. The smallest absolute Gasteiger partial charge is 0.166 e. The lowest BCUT2D eigenvalue weighted by Gasteiger charge is -2.14. The van der Waals surface area contributed by atoms with Gasteiger partial charge < -0.3 is 0 Å². The summed E-state index contributed by atoms with van der Waals surface area (Å²) in [6.45, 7) is 5.02. The van der Waals surface area contributed by atoms with E-state index in [-0.39, 0.29) is 10.6 Å². The highest BCUT2D eigenvalue weighted by atomic mass is 35.5. The first-order chi connectivity index (χ1) is 7.38. The molecule has 0 aromatic heterocycles. The summed E-state index contributed by atoms with van der Waals surface area (Å²) in [5.74, 6) is 0. The molecule has 1 aromatic carbocycles. The molecule has 16 heavy (non-hydrogen) atoms. The van der Waals surface area contributed by atoms with Crippen molar-refractivity contribution in [3.8, 4) is 0 Å². The van der Waals surface area contributed by atoms with Crippen molar-refractivity contribution in [2.45, 2.75) is 13.1 Å². The number of allylic oxidation sites excluding steroid dienone is 2. The van der Waals surface area contributed by atoms with Crippen LogP contribution in [0.1, 0.15) is 16.7 Å². The van der Waals surface area contributed by atoms with Crippen LogP contribution in [0.2, 0.25) is 5.02 Å². The minimum atomic E-state index is -4.45. The molecule has 0 aliphatic heterocycles. The van der Waals surface area contributed by atoms with Crippen LogP contribution in [0.4, 0.5) is 13.2 Å². The zero-order valence-electron chi connectivity index (χ0n) is 8.61. The van der Waals surface area contributed by atoms with Crippen molar-refractivity contribution in [2.75, 3.05) is 0 Å². The van der Waals surface area contributed by atoms with Crippen LogP contribution in [0.25, 0.3) is 6.08 Å². The third kappa shape index (κ3) is 2.67. The number of hydrogen-bond donors (Lipinski definition) is 0. The van der Waals surface area contributed by atoms with Gasteiger partial charge in [0.15, 0.2) is 0 Å². The zero-order chi connectivity index (χ0) is 12.3. The van der Waals surface area contributed by atoms with E-state index in [1.165, 1.54) is 24.3 Å². The lowest BCUT2D eigenvalue weighted by atomic mass is 10.0. The first-order valence-electron chi connectivity index (χ1n) is 4.53. The molecule has 0 amide bonds. The molecule has 0 unspecified atom stereocenters. The van der Waals surface area contributed by atoms with Crippen LogP contribution in [-0.4, -0.2) is 0 Å². The lowest BCUT2D eigenvalue weighted by Crippen LogP contribution is -2.09. The molecule has 0 saturated heterocycles. The fraction of sp³-hybridized carbons (Fsp3) is 0.167. The van der Waals surface area contributed by atoms with Crippen LogP contribution in [0, 0.1) is 6.92 Å². The summed E-state index contributed by atoms with van der Waals surface area (Å²) in [4.78, 5) is 0. The van der Waals surface area contributed by atoms with Crippen molar-refractivity contribution in [3.05, 3.63) is 52.6 Å². The second kappa shape index (κ2) is 4.74. The summed E-state index contributed by atoms with van der Waals surface area (Å²) in [6, 6.07) is 2.81. The molecular formula is C12H10ClF3. The molecule has 0 bridgehead atoms. The maximum absolute atomic E-state index is 12.8.